The molecule has 0 saturated carbocycles. The predicted octanol–water partition coefficient (Wildman–Crippen LogP) is 6.89. The van der Waals surface area contributed by atoms with Gasteiger partial charge in [-0.25, -0.2) is 4.79 Å². The van der Waals surface area contributed by atoms with Gasteiger partial charge in [-0.2, -0.15) is 18.3 Å². The van der Waals surface area contributed by atoms with E-state index < -0.39 is 23.6 Å². The number of fused-ring (bicyclic) bond motifs is 1. The molecule has 40 heavy (non-hydrogen) atoms. The van der Waals surface area contributed by atoms with Gasteiger partial charge in [0.15, 0.2) is 5.71 Å². The summed E-state index contributed by atoms with van der Waals surface area (Å²) in [5.74, 6) is -2.06. The first-order valence-electron chi connectivity index (χ1n) is 12.1. The van der Waals surface area contributed by atoms with Crippen LogP contribution >= 0.6 is 0 Å². The molecule has 0 radical (unpaired) electrons. The molecule has 1 heterocycles. The van der Waals surface area contributed by atoms with Crippen LogP contribution in [0.15, 0.2) is 84.0 Å². The number of nitrogens with zero attached hydrogens (tertiary/aromatic N) is 2. The highest BCUT2D eigenvalue weighted by atomic mass is 19.4. The van der Waals surface area contributed by atoms with Crippen LogP contribution in [-0.2, 0) is 11.0 Å². The van der Waals surface area contributed by atoms with E-state index in [1.54, 1.807) is 30.3 Å². The molecule has 0 saturated heterocycles. The number of para-hydroxylation sites is 1. The van der Waals surface area contributed by atoms with Crippen molar-refractivity contribution in [3.8, 4) is 16.9 Å². The number of carboxylic acids is 1. The molecule has 0 unspecified atom stereocenters. The second-order valence-corrected chi connectivity index (χ2v) is 9.30. The molecule has 0 spiro atoms. The predicted molar refractivity (Wildman–Crippen MR) is 145 cm³/mol. The van der Waals surface area contributed by atoms with Crippen molar-refractivity contribution in [1.29, 1.82) is 0 Å². The van der Waals surface area contributed by atoms with Crippen molar-refractivity contribution in [2.24, 2.45) is 5.10 Å². The molecule has 0 aliphatic carbocycles. The van der Waals surface area contributed by atoms with E-state index in [9.17, 15) is 33.0 Å². The summed E-state index contributed by atoms with van der Waals surface area (Å²) in [6, 6.07) is 18.9. The average Bonchev–Trinajstić information content (AvgIpc) is 3.19. The number of hydrogen-bond acceptors (Lipinski definition) is 5. The monoisotopic (exact) mass is 545 g/mol. The molecule has 10 heteroatoms. The minimum absolute atomic E-state index is 0.0182. The highest BCUT2D eigenvalue weighted by Gasteiger charge is 2.39. The van der Waals surface area contributed by atoms with Gasteiger partial charge in [-0.15, -0.1) is 0 Å². The van der Waals surface area contributed by atoms with Crippen LogP contribution in [0.25, 0.3) is 11.1 Å². The van der Waals surface area contributed by atoms with Crippen LogP contribution in [0.4, 0.5) is 30.2 Å². The molecule has 0 aromatic heterocycles. The Morgan fingerprint density at radius 1 is 0.900 bits per heavy atom. The average molecular weight is 546 g/mol. The first-order valence-corrected chi connectivity index (χ1v) is 12.1. The van der Waals surface area contributed by atoms with Gasteiger partial charge in [-0.1, -0.05) is 30.3 Å². The summed E-state index contributed by atoms with van der Waals surface area (Å²) in [5.41, 5.74) is 4.81. The molecule has 4 aromatic carbocycles. The fourth-order valence-electron chi connectivity index (χ4n) is 4.46. The Morgan fingerprint density at radius 3 is 2.35 bits per heavy atom. The van der Waals surface area contributed by atoms with Crippen LogP contribution in [0.5, 0.6) is 5.75 Å². The second-order valence-electron chi connectivity index (χ2n) is 9.30. The SMILES string of the molecule is Cc1ccc(N2C(=O)C(=NNc3cccc(-c4cccc(C(=O)O)c4)c3O)c3cc(C(F)(F)F)ccc32)cc1C. The summed E-state index contributed by atoms with van der Waals surface area (Å²) in [4.78, 5) is 26.2. The van der Waals surface area contributed by atoms with Crippen molar-refractivity contribution in [3.63, 3.8) is 0 Å². The maximum Gasteiger partial charge on any atom is 0.416 e. The normalized spacial score (nSPS) is 14.0. The minimum atomic E-state index is -4.64. The maximum absolute atomic E-state index is 13.6. The summed E-state index contributed by atoms with van der Waals surface area (Å²) in [6.07, 6.45) is -4.64. The lowest BCUT2D eigenvalue weighted by Crippen LogP contribution is -2.26. The van der Waals surface area contributed by atoms with E-state index in [0.29, 0.717) is 16.8 Å². The molecule has 0 bridgehead atoms. The van der Waals surface area contributed by atoms with Crippen LogP contribution in [-0.4, -0.2) is 27.8 Å². The van der Waals surface area contributed by atoms with Gasteiger partial charge in [-0.3, -0.25) is 15.1 Å². The Morgan fingerprint density at radius 2 is 1.65 bits per heavy atom. The summed E-state index contributed by atoms with van der Waals surface area (Å²) in [6.45, 7) is 3.77. The summed E-state index contributed by atoms with van der Waals surface area (Å²) in [7, 11) is 0. The number of anilines is 3. The number of nitrogens with one attached hydrogen (secondary N) is 1. The van der Waals surface area contributed by atoms with Gasteiger partial charge in [0.2, 0.25) is 0 Å². The summed E-state index contributed by atoms with van der Waals surface area (Å²) in [5, 5.41) is 24.4. The highest BCUT2D eigenvalue weighted by Crippen LogP contribution is 2.41. The molecule has 4 aromatic rings. The van der Waals surface area contributed by atoms with E-state index in [2.05, 4.69) is 10.5 Å². The Kier molecular flexibility index (Phi) is 6.54. The fourth-order valence-corrected chi connectivity index (χ4v) is 4.46. The zero-order valence-electron chi connectivity index (χ0n) is 21.2. The lowest BCUT2D eigenvalue weighted by Gasteiger charge is -2.18. The molecule has 5 rings (SSSR count). The van der Waals surface area contributed by atoms with E-state index in [1.807, 2.05) is 19.9 Å². The Bertz CT molecular complexity index is 1710. The number of carbonyl (C=O) groups is 2. The lowest BCUT2D eigenvalue weighted by atomic mass is 10.0. The first-order chi connectivity index (χ1) is 19.0. The Labute approximate surface area is 226 Å². The van der Waals surface area contributed by atoms with Crippen LogP contribution < -0.4 is 10.3 Å². The number of aromatic carboxylic acids is 1. The molecule has 7 nitrogen and oxygen atoms in total. The second kappa shape index (κ2) is 9.88. The van der Waals surface area contributed by atoms with E-state index >= 15 is 0 Å². The zero-order valence-corrected chi connectivity index (χ0v) is 21.2. The van der Waals surface area contributed by atoms with Crippen molar-refractivity contribution in [3.05, 3.63) is 107 Å². The van der Waals surface area contributed by atoms with Gasteiger partial charge in [0.25, 0.3) is 5.91 Å². The molecule has 0 fully saturated rings. The summed E-state index contributed by atoms with van der Waals surface area (Å²) < 4.78 is 40.7. The molecule has 1 aliphatic heterocycles. The van der Waals surface area contributed by atoms with Crippen molar-refractivity contribution in [2.45, 2.75) is 20.0 Å². The number of carbonyl (C=O) groups excluding carboxylic acids is 1. The van der Waals surface area contributed by atoms with Crippen molar-refractivity contribution < 1.29 is 33.0 Å². The molecule has 1 amide bonds. The fraction of sp³-hybridized carbons (Fsp3) is 0.100. The molecule has 0 atom stereocenters. The molecule has 202 valence electrons. The third kappa shape index (κ3) is 4.75. The minimum Gasteiger partial charge on any atom is -0.505 e. The third-order valence-electron chi connectivity index (χ3n) is 6.72. The molecule has 1 aliphatic rings. The number of aryl methyl sites for hydroxylation is 2. The van der Waals surface area contributed by atoms with Crippen LogP contribution in [0.3, 0.4) is 0 Å². The highest BCUT2D eigenvalue weighted by molar-refractivity contribution is 6.55. The molecular weight excluding hydrogens is 523 g/mol. The molecule has 3 N–H and O–H groups in total. The number of amides is 1. The Hall–Kier alpha value is -5.12. The third-order valence-corrected chi connectivity index (χ3v) is 6.72. The number of alkyl halides is 3. The number of carboxylic acid groups (broad SMARTS) is 1. The van der Waals surface area contributed by atoms with E-state index in [1.165, 1.54) is 35.2 Å². The Balaban J connectivity index is 1.57. The zero-order chi connectivity index (χ0) is 28.8. The van der Waals surface area contributed by atoms with E-state index in [-0.39, 0.29) is 34.0 Å². The topological polar surface area (TPSA) is 102 Å². The van der Waals surface area contributed by atoms with Crippen LogP contribution in [0.1, 0.15) is 32.6 Å². The van der Waals surface area contributed by atoms with E-state index in [4.69, 9.17) is 0 Å². The van der Waals surface area contributed by atoms with Gasteiger partial charge in [0, 0.05) is 16.8 Å². The maximum atomic E-state index is 13.6. The van der Waals surface area contributed by atoms with Crippen LogP contribution in [0, 0.1) is 13.8 Å². The number of aromatic hydroxyl groups is 1. The number of hydrazone groups is 1. The number of benzene rings is 4. The van der Waals surface area contributed by atoms with Crippen molar-refractivity contribution in [2.75, 3.05) is 10.3 Å². The number of rotatable bonds is 5. The largest absolute Gasteiger partial charge is 0.505 e. The first kappa shape index (κ1) is 26.5. The van der Waals surface area contributed by atoms with Gasteiger partial charge < -0.3 is 10.2 Å². The van der Waals surface area contributed by atoms with Gasteiger partial charge in [0.1, 0.15) is 5.75 Å². The van der Waals surface area contributed by atoms with Gasteiger partial charge in [-0.05, 0) is 79.1 Å². The lowest BCUT2D eigenvalue weighted by molar-refractivity contribution is -0.137. The van der Waals surface area contributed by atoms with Crippen molar-refractivity contribution >= 4 is 34.7 Å². The van der Waals surface area contributed by atoms with Gasteiger partial charge in [0.05, 0.1) is 22.5 Å². The van der Waals surface area contributed by atoms with Crippen molar-refractivity contribution in [1.82, 2.24) is 0 Å². The number of hydrogen-bond donors (Lipinski definition) is 3. The number of phenolic OH excluding ortho intramolecular Hbond substituents is 1. The van der Waals surface area contributed by atoms with Gasteiger partial charge >= 0.3 is 12.1 Å². The number of halogens is 3. The summed E-state index contributed by atoms with van der Waals surface area (Å²) >= 11 is 0. The van der Waals surface area contributed by atoms with Crippen LogP contribution in [0.2, 0.25) is 0 Å². The number of phenols is 1. The molecular formula is C30H22F3N3O4. The van der Waals surface area contributed by atoms with E-state index in [0.717, 1.165) is 23.3 Å². The quantitative estimate of drug-likeness (QED) is 0.187. The standard InChI is InChI=1S/C30H22F3N3O4/c1-16-9-11-21(13-17(16)2)36-25-12-10-20(30(31,32)33)15-23(25)26(28(36)38)35-34-24-8-4-7-22(27(24)37)18-5-3-6-19(14-18)29(39)40/h3-15,34,37H,1-2H3,(H,39,40). The smallest absolute Gasteiger partial charge is 0.416 e.